The summed E-state index contributed by atoms with van der Waals surface area (Å²) in [6, 6.07) is 14.4. The number of carbonyl (C=O) groups excluding carboxylic acids is 1. The number of carbonyl (C=O) groups is 1. The Labute approximate surface area is 139 Å². The van der Waals surface area contributed by atoms with E-state index < -0.39 is 0 Å². The second-order valence-electron chi connectivity index (χ2n) is 5.13. The molecule has 23 heavy (non-hydrogen) atoms. The van der Waals surface area contributed by atoms with Gasteiger partial charge in [-0.1, -0.05) is 29.8 Å². The van der Waals surface area contributed by atoms with Crippen LogP contribution in [0.5, 0.6) is 5.75 Å². The average Bonchev–Trinajstić information content (AvgIpc) is 2.54. The molecular formula is C18H15ClN2O2. The minimum Gasteiger partial charge on any atom is -0.495 e. The maximum Gasteiger partial charge on any atom is 0.256 e. The zero-order valence-electron chi connectivity index (χ0n) is 12.8. The molecule has 3 rings (SSSR count). The lowest BCUT2D eigenvalue weighted by Crippen LogP contribution is -2.14. The van der Waals surface area contributed by atoms with Gasteiger partial charge in [0.25, 0.3) is 5.91 Å². The van der Waals surface area contributed by atoms with Gasteiger partial charge in [-0.2, -0.15) is 0 Å². The number of hydrogen-bond donors (Lipinski definition) is 1. The van der Waals surface area contributed by atoms with Crippen molar-refractivity contribution in [2.24, 2.45) is 0 Å². The van der Waals surface area contributed by atoms with Gasteiger partial charge >= 0.3 is 0 Å². The normalized spacial score (nSPS) is 10.6. The molecule has 0 saturated carbocycles. The van der Waals surface area contributed by atoms with Crippen LogP contribution in [0.4, 0.5) is 5.69 Å². The van der Waals surface area contributed by atoms with Crippen molar-refractivity contribution >= 4 is 34.1 Å². The van der Waals surface area contributed by atoms with Gasteiger partial charge in [0.15, 0.2) is 0 Å². The third-order valence-electron chi connectivity index (χ3n) is 3.50. The molecule has 4 nitrogen and oxygen atoms in total. The van der Waals surface area contributed by atoms with Gasteiger partial charge < -0.3 is 10.1 Å². The molecule has 0 atom stereocenters. The van der Waals surface area contributed by atoms with Crippen LogP contribution in [0.2, 0.25) is 5.02 Å². The van der Waals surface area contributed by atoms with E-state index in [2.05, 4.69) is 10.3 Å². The number of ether oxygens (including phenoxy) is 1. The van der Waals surface area contributed by atoms with Crippen molar-refractivity contribution in [2.75, 3.05) is 12.4 Å². The Morgan fingerprint density at radius 1 is 1.17 bits per heavy atom. The van der Waals surface area contributed by atoms with E-state index in [1.807, 2.05) is 31.2 Å². The lowest BCUT2D eigenvalue weighted by atomic mass is 10.1. The predicted molar refractivity (Wildman–Crippen MR) is 92.4 cm³/mol. The first-order chi connectivity index (χ1) is 11.1. The Balaban J connectivity index is 2.03. The van der Waals surface area contributed by atoms with E-state index in [9.17, 15) is 4.79 Å². The van der Waals surface area contributed by atoms with Crippen molar-refractivity contribution in [1.82, 2.24) is 4.98 Å². The molecule has 3 aromatic rings. The van der Waals surface area contributed by atoms with Gasteiger partial charge in [-0.15, -0.1) is 0 Å². The van der Waals surface area contributed by atoms with Crippen molar-refractivity contribution in [3.63, 3.8) is 0 Å². The van der Waals surface area contributed by atoms with Gasteiger partial charge in [-0.05, 0) is 37.3 Å². The van der Waals surface area contributed by atoms with Crippen molar-refractivity contribution in [2.45, 2.75) is 6.92 Å². The fraction of sp³-hybridized carbons (Fsp3) is 0.111. The molecule has 0 unspecified atom stereocenters. The Hall–Kier alpha value is -2.59. The number of halogens is 1. The number of pyridine rings is 1. The molecule has 0 aliphatic heterocycles. The maximum atomic E-state index is 12.7. The molecule has 116 valence electrons. The number of fused-ring (bicyclic) bond motifs is 1. The van der Waals surface area contributed by atoms with Crippen LogP contribution < -0.4 is 10.1 Å². The van der Waals surface area contributed by atoms with Crippen molar-refractivity contribution in [3.05, 3.63) is 64.8 Å². The van der Waals surface area contributed by atoms with Crippen LogP contribution in [-0.4, -0.2) is 18.0 Å². The minimum atomic E-state index is -0.229. The summed E-state index contributed by atoms with van der Waals surface area (Å²) in [6.07, 6.45) is 0. The summed E-state index contributed by atoms with van der Waals surface area (Å²) in [7, 11) is 1.55. The van der Waals surface area contributed by atoms with Crippen LogP contribution in [0.25, 0.3) is 10.9 Å². The predicted octanol–water partition coefficient (Wildman–Crippen LogP) is 4.46. The number of aryl methyl sites for hydroxylation is 1. The Bertz CT molecular complexity index is 893. The van der Waals surface area contributed by atoms with E-state index >= 15 is 0 Å². The topological polar surface area (TPSA) is 51.2 Å². The highest BCUT2D eigenvalue weighted by Gasteiger charge is 2.14. The number of para-hydroxylation sites is 1. The molecule has 2 aromatic carbocycles. The number of hydrogen-bond acceptors (Lipinski definition) is 3. The molecule has 0 bridgehead atoms. The number of nitrogens with zero attached hydrogens (tertiary/aromatic N) is 1. The highest BCUT2D eigenvalue weighted by molar-refractivity contribution is 6.31. The molecule has 0 spiro atoms. The summed E-state index contributed by atoms with van der Waals surface area (Å²) in [5, 5.41) is 4.19. The van der Waals surface area contributed by atoms with E-state index in [1.165, 1.54) is 0 Å². The van der Waals surface area contributed by atoms with E-state index in [1.54, 1.807) is 31.4 Å². The number of benzene rings is 2. The quantitative estimate of drug-likeness (QED) is 0.773. The molecule has 1 amide bonds. The van der Waals surface area contributed by atoms with Gasteiger partial charge in [0.1, 0.15) is 5.75 Å². The first-order valence-corrected chi connectivity index (χ1v) is 7.47. The first-order valence-electron chi connectivity index (χ1n) is 7.10. The standard InChI is InChI=1S/C18H15ClN2O2/c1-11-9-14(13-5-3-4-6-15(13)20-11)18(22)21-16-10-12(19)7-8-17(16)23-2/h3-10H,1-2H3,(H,21,22). The van der Waals surface area contributed by atoms with Crippen LogP contribution in [0.15, 0.2) is 48.5 Å². The van der Waals surface area contributed by atoms with Crippen molar-refractivity contribution in [3.8, 4) is 5.75 Å². The largest absolute Gasteiger partial charge is 0.495 e. The molecule has 1 aromatic heterocycles. The monoisotopic (exact) mass is 326 g/mol. The van der Waals surface area contributed by atoms with Crippen LogP contribution in [-0.2, 0) is 0 Å². The first kappa shape index (κ1) is 15.3. The SMILES string of the molecule is COc1ccc(Cl)cc1NC(=O)c1cc(C)nc2ccccc12. The lowest BCUT2D eigenvalue weighted by molar-refractivity contribution is 0.102. The number of rotatable bonds is 3. The molecular weight excluding hydrogens is 312 g/mol. The molecule has 0 radical (unpaired) electrons. The van der Waals surface area contributed by atoms with E-state index in [-0.39, 0.29) is 5.91 Å². The fourth-order valence-electron chi connectivity index (χ4n) is 2.46. The minimum absolute atomic E-state index is 0.229. The van der Waals surface area contributed by atoms with Gasteiger partial charge in [-0.3, -0.25) is 9.78 Å². The second-order valence-corrected chi connectivity index (χ2v) is 5.56. The zero-order chi connectivity index (χ0) is 16.4. The smallest absolute Gasteiger partial charge is 0.256 e. The molecule has 5 heteroatoms. The maximum absolute atomic E-state index is 12.7. The highest BCUT2D eigenvalue weighted by Crippen LogP contribution is 2.29. The van der Waals surface area contributed by atoms with E-state index in [0.717, 1.165) is 16.6 Å². The zero-order valence-corrected chi connectivity index (χ0v) is 13.5. The van der Waals surface area contributed by atoms with Crippen molar-refractivity contribution < 1.29 is 9.53 Å². The summed E-state index contributed by atoms with van der Waals surface area (Å²) in [5.41, 5.74) is 2.67. The summed E-state index contributed by atoms with van der Waals surface area (Å²) in [4.78, 5) is 17.2. The van der Waals surface area contributed by atoms with Gasteiger partial charge in [0.05, 0.1) is 23.9 Å². The molecule has 0 fully saturated rings. The molecule has 1 heterocycles. The fourth-order valence-corrected chi connectivity index (χ4v) is 2.64. The lowest BCUT2D eigenvalue weighted by Gasteiger charge is -2.12. The van der Waals surface area contributed by atoms with Gasteiger partial charge in [0, 0.05) is 16.1 Å². The van der Waals surface area contributed by atoms with E-state index in [4.69, 9.17) is 16.3 Å². The third-order valence-corrected chi connectivity index (χ3v) is 3.73. The van der Waals surface area contributed by atoms with Crippen LogP contribution in [0.3, 0.4) is 0 Å². The molecule has 0 aliphatic rings. The summed E-state index contributed by atoms with van der Waals surface area (Å²) < 4.78 is 5.26. The van der Waals surface area contributed by atoms with Crippen LogP contribution in [0, 0.1) is 6.92 Å². The molecule has 0 saturated heterocycles. The number of nitrogens with one attached hydrogen (secondary N) is 1. The second kappa shape index (κ2) is 6.26. The van der Waals surface area contributed by atoms with Crippen molar-refractivity contribution in [1.29, 1.82) is 0 Å². The Morgan fingerprint density at radius 3 is 2.74 bits per heavy atom. The number of aromatic nitrogens is 1. The van der Waals surface area contributed by atoms with Crippen LogP contribution >= 0.6 is 11.6 Å². The number of methoxy groups -OCH3 is 1. The van der Waals surface area contributed by atoms with E-state index in [0.29, 0.717) is 22.0 Å². The van der Waals surface area contributed by atoms with Gasteiger partial charge in [-0.25, -0.2) is 0 Å². The summed E-state index contributed by atoms with van der Waals surface area (Å²) in [6.45, 7) is 1.86. The molecule has 0 aliphatic carbocycles. The Morgan fingerprint density at radius 2 is 1.96 bits per heavy atom. The third kappa shape index (κ3) is 3.12. The summed E-state index contributed by atoms with van der Waals surface area (Å²) >= 11 is 6.01. The average molecular weight is 327 g/mol. The molecule has 1 N–H and O–H groups in total. The highest BCUT2D eigenvalue weighted by atomic mass is 35.5. The Kier molecular flexibility index (Phi) is 4.17. The number of amides is 1. The number of anilines is 1. The van der Waals surface area contributed by atoms with Crippen LogP contribution in [0.1, 0.15) is 16.1 Å². The summed E-state index contributed by atoms with van der Waals surface area (Å²) in [5.74, 6) is 0.324. The van der Waals surface area contributed by atoms with Gasteiger partial charge in [0.2, 0.25) is 0 Å².